The van der Waals surface area contributed by atoms with E-state index in [0.29, 0.717) is 23.1 Å². The summed E-state index contributed by atoms with van der Waals surface area (Å²) in [7, 11) is 3.09. The van der Waals surface area contributed by atoms with E-state index in [1.54, 1.807) is 32.4 Å². The lowest BCUT2D eigenvalue weighted by molar-refractivity contribution is -0.116. The number of amides is 1. The van der Waals surface area contributed by atoms with Crippen molar-refractivity contribution >= 4 is 23.6 Å². The van der Waals surface area contributed by atoms with Crippen molar-refractivity contribution in [2.24, 2.45) is 0 Å². The summed E-state index contributed by atoms with van der Waals surface area (Å²) >= 11 is 6.17. The Labute approximate surface area is 161 Å². The highest BCUT2D eigenvalue weighted by atomic mass is 35.5. The number of carbonyl (C=O) groups is 1. The standard InChI is InChI=1S/C20H29ClN2O3/c1-25-18-15-16(14-17(21)20(18)26-2)8-9-19(24)22-10-7-13-23-11-5-3-4-6-12-23/h8-9,14-15H,3-7,10-13H2,1-2H3,(H,22,24). The van der Waals surface area contributed by atoms with E-state index >= 15 is 0 Å². The zero-order valence-electron chi connectivity index (χ0n) is 15.7. The molecule has 144 valence electrons. The number of benzene rings is 1. The zero-order chi connectivity index (χ0) is 18.8. The molecule has 6 heteroatoms. The lowest BCUT2D eigenvalue weighted by Crippen LogP contribution is -2.30. The summed E-state index contributed by atoms with van der Waals surface area (Å²) in [6.45, 7) is 4.11. The molecular formula is C20H29ClN2O3. The van der Waals surface area contributed by atoms with Gasteiger partial charge in [-0.25, -0.2) is 0 Å². The van der Waals surface area contributed by atoms with Crippen molar-refractivity contribution in [1.29, 1.82) is 0 Å². The number of ether oxygens (including phenoxy) is 2. The van der Waals surface area contributed by atoms with Crippen LogP contribution < -0.4 is 14.8 Å². The molecule has 0 saturated carbocycles. The highest BCUT2D eigenvalue weighted by Crippen LogP contribution is 2.36. The van der Waals surface area contributed by atoms with Gasteiger partial charge in [0.15, 0.2) is 11.5 Å². The second-order valence-corrected chi connectivity index (χ2v) is 6.88. The number of nitrogens with one attached hydrogen (secondary N) is 1. The van der Waals surface area contributed by atoms with Crippen molar-refractivity contribution in [1.82, 2.24) is 10.2 Å². The summed E-state index contributed by atoms with van der Waals surface area (Å²) in [5, 5.41) is 3.38. The molecule has 0 spiro atoms. The summed E-state index contributed by atoms with van der Waals surface area (Å²) in [5.74, 6) is 0.925. The summed E-state index contributed by atoms with van der Waals surface area (Å²) in [5.41, 5.74) is 0.785. The largest absolute Gasteiger partial charge is 0.493 e. The highest BCUT2D eigenvalue weighted by molar-refractivity contribution is 6.32. The van der Waals surface area contributed by atoms with Crippen LogP contribution in [0.2, 0.25) is 5.02 Å². The maximum atomic E-state index is 12.0. The Morgan fingerprint density at radius 3 is 2.58 bits per heavy atom. The first-order valence-electron chi connectivity index (χ1n) is 9.24. The van der Waals surface area contributed by atoms with Gasteiger partial charge in [-0.1, -0.05) is 24.4 Å². The molecule has 1 N–H and O–H groups in total. The van der Waals surface area contributed by atoms with E-state index in [0.717, 1.165) is 18.5 Å². The average Bonchev–Trinajstić information content (AvgIpc) is 2.91. The van der Waals surface area contributed by atoms with Gasteiger partial charge in [0.05, 0.1) is 19.2 Å². The van der Waals surface area contributed by atoms with Gasteiger partial charge in [-0.2, -0.15) is 0 Å². The van der Waals surface area contributed by atoms with Gasteiger partial charge >= 0.3 is 0 Å². The van der Waals surface area contributed by atoms with E-state index in [2.05, 4.69) is 10.2 Å². The van der Waals surface area contributed by atoms with Crippen LogP contribution in [0.4, 0.5) is 0 Å². The molecule has 1 heterocycles. The second kappa shape index (κ2) is 11.1. The number of methoxy groups -OCH3 is 2. The van der Waals surface area contributed by atoms with Crippen molar-refractivity contribution in [3.8, 4) is 11.5 Å². The normalized spacial score (nSPS) is 15.7. The van der Waals surface area contributed by atoms with Gasteiger partial charge in [0.1, 0.15) is 0 Å². The lowest BCUT2D eigenvalue weighted by atomic mass is 10.2. The number of rotatable bonds is 8. The molecule has 2 rings (SSSR count). The molecule has 1 aromatic carbocycles. The molecule has 0 unspecified atom stereocenters. The van der Waals surface area contributed by atoms with E-state index in [9.17, 15) is 4.79 Å². The summed E-state index contributed by atoms with van der Waals surface area (Å²) in [6.07, 6.45) is 9.49. The third-order valence-electron chi connectivity index (χ3n) is 4.53. The molecule has 1 saturated heterocycles. The Kier molecular flexibility index (Phi) is 8.78. The first kappa shape index (κ1) is 20.6. The Bertz CT molecular complexity index is 611. The molecule has 1 amide bonds. The van der Waals surface area contributed by atoms with Crippen molar-refractivity contribution in [2.75, 3.05) is 40.4 Å². The highest BCUT2D eigenvalue weighted by Gasteiger charge is 2.10. The van der Waals surface area contributed by atoms with Crippen LogP contribution in [-0.2, 0) is 4.79 Å². The monoisotopic (exact) mass is 380 g/mol. The fourth-order valence-corrected chi connectivity index (χ4v) is 3.44. The summed E-state index contributed by atoms with van der Waals surface area (Å²) in [6, 6.07) is 3.53. The zero-order valence-corrected chi connectivity index (χ0v) is 16.5. The molecule has 0 bridgehead atoms. The fraction of sp³-hybridized carbons (Fsp3) is 0.550. The Morgan fingerprint density at radius 2 is 1.92 bits per heavy atom. The van der Waals surface area contributed by atoms with Crippen LogP contribution in [0.3, 0.4) is 0 Å². The molecule has 0 aliphatic carbocycles. The lowest BCUT2D eigenvalue weighted by Gasteiger charge is -2.19. The van der Waals surface area contributed by atoms with Crippen LogP contribution >= 0.6 is 11.6 Å². The van der Waals surface area contributed by atoms with Crippen molar-refractivity contribution in [2.45, 2.75) is 32.1 Å². The van der Waals surface area contributed by atoms with Crippen molar-refractivity contribution in [3.63, 3.8) is 0 Å². The quantitative estimate of drug-likeness (QED) is 0.551. The predicted molar refractivity (Wildman–Crippen MR) is 106 cm³/mol. The smallest absolute Gasteiger partial charge is 0.243 e. The van der Waals surface area contributed by atoms with Gasteiger partial charge < -0.3 is 19.7 Å². The van der Waals surface area contributed by atoms with Gasteiger partial charge in [0, 0.05) is 12.6 Å². The Balaban J connectivity index is 1.77. The average molecular weight is 381 g/mol. The minimum atomic E-state index is -0.105. The second-order valence-electron chi connectivity index (χ2n) is 6.47. The van der Waals surface area contributed by atoms with Crippen LogP contribution in [0.25, 0.3) is 6.08 Å². The topological polar surface area (TPSA) is 50.8 Å². The van der Waals surface area contributed by atoms with Crippen LogP contribution in [-0.4, -0.2) is 51.2 Å². The number of hydrogen-bond donors (Lipinski definition) is 1. The third-order valence-corrected chi connectivity index (χ3v) is 4.81. The summed E-state index contributed by atoms with van der Waals surface area (Å²) < 4.78 is 10.5. The predicted octanol–water partition coefficient (Wildman–Crippen LogP) is 3.75. The first-order chi connectivity index (χ1) is 12.6. The van der Waals surface area contributed by atoms with Gasteiger partial charge in [0.25, 0.3) is 0 Å². The van der Waals surface area contributed by atoms with E-state index in [-0.39, 0.29) is 5.91 Å². The molecular weight excluding hydrogens is 352 g/mol. The minimum Gasteiger partial charge on any atom is -0.493 e. The van der Waals surface area contributed by atoms with Gasteiger partial charge in [-0.15, -0.1) is 0 Å². The van der Waals surface area contributed by atoms with E-state index in [1.807, 2.05) is 0 Å². The van der Waals surface area contributed by atoms with Crippen LogP contribution in [0.5, 0.6) is 11.5 Å². The third kappa shape index (κ3) is 6.54. The van der Waals surface area contributed by atoms with Gasteiger partial charge in [0.2, 0.25) is 5.91 Å². The van der Waals surface area contributed by atoms with Crippen LogP contribution in [0.15, 0.2) is 18.2 Å². The van der Waals surface area contributed by atoms with Crippen molar-refractivity contribution in [3.05, 3.63) is 28.8 Å². The molecule has 1 aliphatic rings. The minimum absolute atomic E-state index is 0.105. The molecule has 1 aromatic rings. The van der Waals surface area contributed by atoms with E-state index in [1.165, 1.54) is 44.8 Å². The molecule has 0 aromatic heterocycles. The van der Waals surface area contributed by atoms with Crippen molar-refractivity contribution < 1.29 is 14.3 Å². The number of halogens is 1. The fourth-order valence-electron chi connectivity index (χ4n) is 3.14. The summed E-state index contributed by atoms with van der Waals surface area (Å²) in [4.78, 5) is 14.5. The molecule has 1 aliphatic heterocycles. The SMILES string of the molecule is COc1cc(C=CC(=O)NCCCN2CCCCCC2)cc(Cl)c1OC. The number of hydrogen-bond acceptors (Lipinski definition) is 4. The van der Waals surface area contributed by atoms with Crippen LogP contribution in [0.1, 0.15) is 37.7 Å². The first-order valence-corrected chi connectivity index (χ1v) is 9.61. The molecule has 1 fully saturated rings. The van der Waals surface area contributed by atoms with Crippen LogP contribution in [0, 0.1) is 0 Å². The number of nitrogens with zero attached hydrogens (tertiary/aromatic N) is 1. The molecule has 5 nitrogen and oxygen atoms in total. The number of carbonyl (C=O) groups excluding carboxylic acids is 1. The Morgan fingerprint density at radius 1 is 1.19 bits per heavy atom. The molecule has 0 atom stereocenters. The molecule has 26 heavy (non-hydrogen) atoms. The van der Waals surface area contributed by atoms with E-state index < -0.39 is 0 Å². The maximum absolute atomic E-state index is 12.0. The van der Waals surface area contributed by atoms with Gasteiger partial charge in [-0.05, 0) is 62.7 Å². The number of likely N-dealkylation sites (tertiary alicyclic amines) is 1. The van der Waals surface area contributed by atoms with E-state index in [4.69, 9.17) is 21.1 Å². The van der Waals surface area contributed by atoms with Gasteiger partial charge in [-0.3, -0.25) is 4.79 Å². The Hall–Kier alpha value is -1.72. The maximum Gasteiger partial charge on any atom is 0.243 e. The molecule has 0 radical (unpaired) electrons.